The Labute approximate surface area is 165 Å². The summed E-state index contributed by atoms with van der Waals surface area (Å²) in [5, 5.41) is -0.229. The van der Waals surface area contributed by atoms with E-state index >= 15 is 0 Å². The Balaban J connectivity index is 2.24. The van der Waals surface area contributed by atoms with Crippen LogP contribution in [-0.2, 0) is 14.7 Å². The van der Waals surface area contributed by atoms with E-state index in [0.29, 0.717) is 0 Å². The van der Waals surface area contributed by atoms with Crippen LogP contribution in [0.2, 0.25) is 0 Å². The fraction of sp³-hybridized carbons (Fsp3) is 0.250. The van der Waals surface area contributed by atoms with Crippen LogP contribution < -0.4 is 0 Å². The first kappa shape index (κ1) is 21.6. The molecule has 0 amide bonds. The highest BCUT2D eigenvalue weighted by Crippen LogP contribution is 2.48. The Morgan fingerprint density at radius 1 is 1.00 bits per heavy atom. The maximum absolute atomic E-state index is 11.5. The first-order chi connectivity index (χ1) is 12.1. The van der Waals surface area contributed by atoms with Crippen LogP contribution in [0.15, 0.2) is 64.0 Å². The van der Waals surface area contributed by atoms with Gasteiger partial charge in [-0.25, -0.2) is 0 Å². The minimum absolute atomic E-state index is 0.167. The summed E-state index contributed by atoms with van der Waals surface area (Å²) < 4.78 is 44.3. The first-order valence-corrected chi connectivity index (χ1v) is 12.4. The maximum Gasteiger partial charge on any atom is 0.346 e. The summed E-state index contributed by atoms with van der Waals surface area (Å²) in [6.07, 6.45) is -0.188. The molecule has 0 aliphatic heterocycles. The van der Waals surface area contributed by atoms with Crippen molar-refractivity contribution >= 4 is 45.4 Å². The van der Waals surface area contributed by atoms with Crippen LogP contribution in [0.1, 0.15) is 23.7 Å². The molecule has 0 saturated heterocycles. The Kier molecular flexibility index (Phi) is 7.50. The fourth-order valence-electron chi connectivity index (χ4n) is 2.42. The molecule has 2 aromatic rings. The molecule has 0 aliphatic carbocycles. The molecule has 0 aromatic heterocycles. The van der Waals surface area contributed by atoms with Crippen molar-refractivity contribution < 1.29 is 27.3 Å². The quantitative estimate of drug-likeness (QED) is 0.290. The largest absolute Gasteiger partial charge is 0.346 e. The average molecular weight is 481 g/mol. The van der Waals surface area contributed by atoms with Gasteiger partial charge in [0, 0.05) is 14.6 Å². The number of halogens is 1. The zero-order valence-electron chi connectivity index (χ0n) is 13.5. The number of hydrogen-bond acceptors (Lipinski definition) is 4. The SMILES string of the molecule is O=P(O)(O)C(CCC(Sc1ccc(Br)cc1)c1ccccc1)S(=O)(=O)O. The van der Waals surface area contributed by atoms with Gasteiger partial charge in [0.05, 0.1) is 0 Å². The summed E-state index contributed by atoms with van der Waals surface area (Å²) in [7, 11) is -9.85. The van der Waals surface area contributed by atoms with Crippen molar-refractivity contribution in [2.75, 3.05) is 0 Å². The minimum atomic E-state index is -4.99. The first-order valence-electron chi connectivity index (χ1n) is 7.56. The molecule has 2 rings (SSSR count). The highest BCUT2D eigenvalue weighted by Gasteiger charge is 2.39. The summed E-state index contributed by atoms with van der Waals surface area (Å²) in [5.41, 5.74) is 0.903. The number of thioether (sulfide) groups is 1. The Morgan fingerprint density at radius 3 is 2.08 bits per heavy atom. The van der Waals surface area contributed by atoms with E-state index in [1.807, 2.05) is 54.6 Å². The Morgan fingerprint density at radius 2 is 1.58 bits per heavy atom. The molecular weight excluding hydrogens is 463 g/mol. The highest BCUT2D eigenvalue weighted by atomic mass is 79.9. The number of rotatable bonds is 8. The maximum atomic E-state index is 11.5. The van der Waals surface area contributed by atoms with Gasteiger partial charge in [0.25, 0.3) is 10.1 Å². The topological polar surface area (TPSA) is 112 Å². The van der Waals surface area contributed by atoms with Crippen LogP contribution in [0, 0.1) is 0 Å². The number of hydrogen-bond donors (Lipinski definition) is 3. The molecule has 0 heterocycles. The van der Waals surface area contributed by atoms with Crippen molar-refractivity contribution in [3.8, 4) is 0 Å². The highest BCUT2D eigenvalue weighted by molar-refractivity contribution is 9.10. The van der Waals surface area contributed by atoms with E-state index in [-0.39, 0.29) is 18.1 Å². The molecule has 6 nitrogen and oxygen atoms in total. The minimum Gasteiger partial charge on any atom is -0.323 e. The van der Waals surface area contributed by atoms with Gasteiger partial charge in [-0.15, -0.1) is 11.8 Å². The molecule has 26 heavy (non-hydrogen) atoms. The molecule has 0 saturated carbocycles. The van der Waals surface area contributed by atoms with Crippen LogP contribution >= 0.6 is 35.3 Å². The Hall–Kier alpha value is -0.670. The van der Waals surface area contributed by atoms with Crippen LogP contribution in [0.25, 0.3) is 0 Å². The monoisotopic (exact) mass is 480 g/mol. The summed E-state index contributed by atoms with van der Waals surface area (Å²) in [4.78, 5) is 17.4. The van der Waals surface area contributed by atoms with E-state index in [1.165, 1.54) is 11.8 Å². The van der Waals surface area contributed by atoms with Crippen LogP contribution in [0.4, 0.5) is 0 Å². The lowest BCUT2D eigenvalue weighted by Crippen LogP contribution is -2.21. The van der Waals surface area contributed by atoms with Crippen LogP contribution in [-0.4, -0.2) is 27.7 Å². The van der Waals surface area contributed by atoms with Gasteiger partial charge in [-0.2, -0.15) is 8.42 Å². The van der Waals surface area contributed by atoms with Gasteiger partial charge in [-0.3, -0.25) is 9.12 Å². The van der Waals surface area contributed by atoms with Gasteiger partial charge in [0.15, 0.2) is 4.99 Å². The van der Waals surface area contributed by atoms with Gasteiger partial charge in [0.1, 0.15) is 0 Å². The van der Waals surface area contributed by atoms with E-state index < -0.39 is 22.7 Å². The third kappa shape index (κ3) is 6.49. The summed E-state index contributed by atoms with van der Waals surface area (Å²) in [5.74, 6) is 0. The molecule has 0 aliphatic rings. The Bertz CT molecular complexity index is 867. The lowest BCUT2D eigenvalue weighted by Gasteiger charge is -2.21. The van der Waals surface area contributed by atoms with Gasteiger partial charge in [-0.1, -0.05) is 46.3 Å². The average Bonchev–Trinajstić information content (AvgIpc) is 2.54. The van der Waals surface area contributed by atoms with Gasteiger partial charge >= 0.3 is 7.60 Å². The third-order valence-corrected chi connectivity index (χ3v) is 9.08. The normalized spacial score (nSPS) is 14.8. The summed E-state index contributed by atoms with van der Waals surface area (Å²) in [6.45, 7) is 0. The standard InChI is InChI=1S/C16H18BrO6PS2/c17-13-6-8-14(9-7-13)25-15(12-4-2-1-3-5-12)10-11-16(24(18,19)20)26(21,22)23/h1-9,15-16H,10-11H2,(H2,18,19,20)(H,21,22,23). The van der Waals surface area contributed by atoms with Gasteiger partial charge < -0.3 is 9.79 Å². The molecule has 10 heteroatoms. The smallest absolute Gasteiger partial charge is 0.323 e. The van der Waals surface area contributed by atoms with Crippen molar-refractivity contribution in [3.05, 3.63) is 64.6 Å². The van der Waals surface area contributed by atoms with Crippen LogP contribution in [0.5, 0.6) is 0 Å². The van der Waals surface area contributed by atoms with Crippen molar-refractivity contribution in [2.45, 2.75) is 28.0 Å². The van der Waals surface area contributed by atoms with Gasteiger partial charge in [-0.05, 0) is 42.7 Å². The molecule has 3 N–H and O–H groups in total. The molecule has 0 radical (unpaired) electrons. The van der Waals surface area contributed by atoms with E-state index in [4.69, 9.17) is 0 Å². The molecule has 2 aromatic carbocycles. The molecular formula is C16H18BrO6PS2. The summed E-state index contributed by atoms with van der Waals surface area (Å²) >= 11 is 4.82. The van der Waals surface area contributed by atoms with E-state index in [0.717, 1.165) is 14.9 Å². The van der Waals surface area contributed by atoms with Crippen molar-refractivity contribution in [1.82, 2.24) is 0 Å². The van der Waals surface area contributed by atoms with E-state index in [9.17, 15) is 27.3 Å². The second-order valence-corrected chi connectivity index (χ2v) is 11.5. The third-order valence-electron chi connectivity index (χ3n) is 3.66. The molecule has 2 atom stereocenters. The summed E-state index contributed by atoms with van der Waals surface area (Å²) in [6, 6.07) is 16.8. The lowest BCUT2D eigenvalue weighted by molar-refractivity contribution is 0.360. The zero-order chi connectivity index (χ0) is 19.4. The number of benzene rings is 2. The van der Waals surface area contributed by atoms with Crippen molar-refractivity contribution in [1.29, 1.82) is 0 Å². The molecule has 2 unspecified atom stereocenters. The van der Waals surface area contributed by atoms with E-state index in [2.05, 4.69) is 15.9 Å². The van der Waals surface area contributed by atoms with Crippen molar-refractivity contribution in [3.63, 3.8) is 0 Å². The molecule has 0 bridgehead atoms. The van der Waals surface area contributed by atoms with Crippen LogP contribution in [0.3, 0.4) is 0 Å². The lowest BCUT2D eigenvalue weighted by atomic mass is 10.1. The predicted molar refractivity (Wildman–Crippen MR) is 106 cm³/mol. The molecule has 0 spiro atoms. The second kappa shape index (κ2) is 9.01. The second-order valence-electron chi connectivity index (χ2n) is 5.61. The molecule has 0 fully saturated rings. The molecule has 142 valence electrons. The fourth-order valence-corrected chi connectivity index (χ4v) is 6.16. The predicted octanol–water partition coefficient (Wildman–Crippen LogP) is 4.45. The van der Waals surface area contributed by atoms with E-state index in [1.54, 1.807) is 0 Å². The zero-order valence-corrected chi connectivity index (χ0v) is 17.6. The van der Waals surface area contributed by atoms with Crippen molar-refractivity contribution in [2.24, 2.45) is 0 Å². The van der Waals surface area contributed by atoms with Gasteiger partial charge in [0.2, 0.25) is 0 Å².